The first-order valence-corrected chi connectivity index (χ1v) is 4.73. The lowest BCUT2D eigenvalue weighted by molar-refractivity contribution is -0.138. The van der Waals surface area contributed by atoms with Crippen molar-refractivity contribution in [3.05, 3.63) is 36.2 Å². The van der Waals surface area contributed by atoms with E-state index in [0.717, 1.165) is 6.08 Å². The van der Waals surface area contributed by atoms with Gasteiger partial charge in [0, 0.05) is 6.20 Å². The zero-order valence-electron chi connectivity index (χ0n) is 9.47. The molecule has 1 aromatic rings. The summed E-state index contributed by atoms with van der Waals surface area (Å²) in [7, 11) is 2.43. The molecule has 0 saturated heterocycles. The van der Waals surface area contributed by atoms with Gasteiger partial charge in [-0.15, -0.1) is 0 Å². The Morgan fingerprint density at radius 3 is 2.59 bits per heavy atom. The van der Waals surface area contributed by atoms with Crippen LogP contribution in [0.4, 0.5) is 5.82 Å². The normalized spacial score (nSPS) is 10.6. The molecule has 0 saturated carbocycles. The topological polar surface area (TPSA) is 77.5 Å². The molecule has 1 N–H and O–H groups in total. The van der Waals surface area contributed by atoms with Crippen LogP contribution in [0.3, 0.4) is 0 Å². The molecule has 1 aromatic heterocycles. The van der Waals surface area contributed by atoms with Crippen LogP contribution in [0.2, 0.25) is 0 Å². The molecule has 1 rings (SSSR count). The Bertz CT molecular complexity index is 428. The maximum atomic E-state index is 11.4. The molecule has 0 bridgehead atoms. The Kier molecular flexibility index (Phi) is 4.68. The van der Waals surface area contributed by atoms with Crippen LogP contribution in [-0.2, 0) is 19.1 Å². The Labute approximate surface area is 98.3 Å². The van der Waals surface area contributed by atoms with Gasteiger partial charge < -0.3 is 14.8 Å². The minimum absolute atomic E-state index is 0.0435. The first kappa shape index (κ1) is 12.7. The van der Waals surface area contributed by atoms with Gasteiger partial charge in [0.15, 0.2) is 0 Å². The number of aromatic nitrogens is 1. The van der Waals surface area contributed by atoms with E-state index in [2.05, 4.69) is 19.8 Å². The van der Waals surface area contributed by atoms with Gasteiger partial charge in [0.2, 0.25) is 0 Å². The lowest BCUT2D eigenvalue weighted by Crippen LogP contribution is -2.15. The molecule has 0 unspecified atom stereocenters. The van der Waals surface area contributed by atoms with Crippen molar-refractivity contribution in [2.75, 3.05) is 19.5 Å². The minimum atomic E-state index is -0.680. The Morgan fingerprint density at radius 2 is 2.06 bits per heavy atom. The number of hydrogen-bond donors (Lipinski definition) is 1. The summed E-state index contributed by atoms with van der Waals surface area (Å²) in [5.74, 6) is -0.914. The number of ether oxygens (including phenoxy) is 2. The van der Waals surface area contributed by atoms with Gasteiger partial charge in [-0.1, -0.05) is 6.07 Å². The van der Waals surface area contributed by atoms with Crippen LogP contribution in [0.1, 0.15) is 0 Å². The highest BCUT2D eigenvalue weighted by Crippen LogP contribution is 2.06. The van der Waals surface area contributed by atoms with E-state index in [1.54, 1.807) is 24.4 Å². The second-order valence-corrected chi connectivity index (χ2v) is 2.91. The second-order valence-electron chi connectivity index (χ2n) is 2.91. The quantitative estimate of drug-likeness (QED) is 0.613. The summed E-state index contributed by atoms with van der Waals surface area (Å²) in [6.07, 6.45) is 2.55. The molecule has 17 heavy (non-hydrogen) atoms. The van der Waals surface area contributed by atoms with Crippen LogP contribution in [0, 0.1) is 0 Å². The van der Waals surface area contributed by atoms with Crippen molar-refractivity contribution in [3.63, 3.8) is 0 Å². The molecular formula is C11H12N2O4. The average molecular weight is 236 g/mol. The van der Waals surface area contributed by atoms with E-state index in [9.17, 15) is 9.59 Å². The summed E-state index contributed by atoms with van der Waals surface area (Å²) >= 11 is 0. The number of nitrogens with zero attached hydrogens (tertiary/aromatic N) is 1. The summed E-state index contributed by atoms with van der Waals surface area (Å²) in [6, 6.07) is 5.11. The maximum absolute atomic E-state index is 11.4. The van der Waals surface area contributed by atoms with Crippen molar-refractivity contribution < 1.29 is 19.1 Å². The van der Waals surface area contributed by atoms with Crippen molar-refractivity contribution >= 4 is 17.8 Å². The largest absolute Gasteiger partial charge is 0.466 e. The summed E-state index contributed by atoms with van der Waals surface area (Å²) in [4.78, 5) is 26.4. The molecule has 6 nitrogen and oxygen atoms in total. The number of anilines is 1. The molecule has 0 aliphatic rings. The molecule has 0 radical (unpaired) electrons. The van der Waals surface area contributed by atoms with Crippen LogP contribution in [-0.4, -0.2) is 31.1 Å². The number of carbonyl (C=O) groups excluding carboxylic acids is 2. The Hall–Kier alpha value is -2.37. The zero-order valence-corrected chi connectivity index (χ0v) is 9.47. The number of hydrogen-bond acceptors (Lipinski definition) is 6. The van der Waals surface area contributed by atoms with E-state index in [0.29, 0.717) is 5.82 Å². The number of esters is 2. The summed E-state index contributed by atoms with van der Waals surface area (Å²) in [5, 5.41) is 2.67. The van der Waals surface area contributed by atoms with Crippen molar-refractivity contribution in [1.82, 2.24) is 4.98 Å². The SMILES string of the molecule is COC(=O)/C=C(/Nc1ccccn1)C(=O)OC. The fourth-order valence-corrected chi connectivity index (χ4v) is 1.01. The highest BCUT2D eigenvalue weighted by molar-refractivity contribution is 5.98. The van der Waals surface area contributed by atoms with E-state index in [-0.39, 0.29) is 5.70 Å². The third-order valence-corrected chi connectivity index (χ3v) is 1.80. The van der Waals surface area contributed by atoms with Gasteiger partial charge in [-0.05, 0) is 12.1 Å². The van der Waals surface area contributed by atoms with E-state index in [4.69, 9.17) is 0 Å². The first-order valence-electron chi connectivity index (χ1n) is 4.73. The van der Waals surface area contributed by atoms with Crippen molar-refractivity contribution in [1.29, 1.82) is 0 Å². The molecule has 6 heteroatoms. The van der Waals surface area contributed by atoms with E-state index in [1.165, 1.54) is 14.2 Å². The zero-order chi connectivity index (χ0) is 12.7. The van der Waals surface area contributed by atoms with Crippen LogP contribution in [0.15, 0.2) is 36.2 Å². The fourth-order valence-electron chi connectivity index (χ4n) is 1.01. The molecular weight excluding hydrogens is 224 g/mol. The average Bonchev–Trinajstić information content (AvgIpc) is 2.38. The number of methoxy groups -OCH3 is 2. The van der Waals surface area contributed by atoms with Crippen LogP contribution in [0.5, 0.6) is 0 Å². The number of carbonyl (C=O) groups is 2. The van der Waals surface area contributed by atoms with E-state index >= 15 is 0 Å². The molecule has 0 aromatic carbocycles. The fraction of sp³-hybridized carbons (Fsp3) is 0.182. The van der Waals surface area contributed by atoms with Gasteiger partial charge in [-0.25, -0.2) is 14.6 Å². The van der Waals surface area contributed by atoms with Crippen molar-refractivity contribution in [2.45, 2.75) is 0 Å². The van der Waals surface area contributed by atoms with E-state index < -0.39 is 11.9 Å². The number of rotatable bonds is 4. The van der Waals surface area contributed by atoms with Gasteiger partial charge in [-0.3, -0.25) is 0 Å². The lowest BCUT2D eigenvalue weighted by Gasteiger charge is -2.07. The minimum Gasteiger partial charge on any atom is -0.466 e. The van der Waals surface area contributed by atoms with Crippen LogP contribution < -0.4 is 5.32 Å². The highest BCUT2D eigenvalue weighted by Gasteiger charge is 2.12. The van der Waals surface area contributed by atoms with Crippen LogP contribution >= 0.6 is 0 Å². The summed E-state index contributed by atoms with van der Waals surface area (Å²) < 4.78 is 8.95. The highest BCUT2D eigenvalue weighted by atomic mass is 16.5. The third-order valence-electron chi connectivity index (χ3n) is 1.80. The molecule has 0 aliphatic heterocycles. The number of nitrogens with one attached hydrogen (secondary N) is 1. The molecule has 0 fully saturated rings. The Balaban J connectivity index is 2.89. The van der Waals surface area contributed by atoms with E-state index in [1.807, 2.05) is 0 Å². The standard InChI is InChI=1S/C11H12N2O4/c1-16-10(14)7-8(11(15)17-2)13-9-5-3-4-6-12-9/h3-7H,1-2H3,(H,12,13)/b8-7+. The van der Waals surface area contributed by atoms with Crippen LogP contribution in [0.25, 0.3) is 0 Å². The predicted molar refractivity (Wildman–Crippen MR) is 60.0 cm³/mol. The number of pyridine rings is 1. The molecule has 0 amide bonds. The van der Waals surface area contributed by atoms with Gasteiger partial charge in [-0.2, -0.15) is 0 Å². The third kappa shape index (κ3) is 3.94. The van der Waals surface area contributed by atoms with Crippen molar-refractivity contribution in [3.8, 4) is 0 Å². The molecule has 1 heterocycles. The van der Waals surface area contributed by atoms with Crippen molar-refractivity contribution in [2.24, 2.45) is 0 Å². The lowest BCUT2D eigenvalue weighted by atomic mass is 10.3. The van der Waals surface area contributed by atoms with Gasteiger partial charge >= 0.3 is 11.9 Å². The monoisotopic (exact) mass is 236 g/mol. The van der Waals surface area contributed by atoms with Gasteiger partial charge in [0.25, 0.3) is 0 Å². The molecule has 0 aliphatic carbocycles. The van der Waals surface area contributed by atoms with Gasteiger partial charge in [0.1, 0.15) is 11.5 Å². The van der Waals surface area contributed by atoms with Gasteiger partial charge in [0.05, 0.1) is 20.3 Å². The smallest absolute Gasteiger partial charge is 0.354 e. The Morgan fingerprint density at radius 1 is 1.29 bits per heavy atom. The molecule has 90 valence electrons. The predicted octanol–water partition coefficient (Wildman–Crippen LogP) is 0.723. The first-order chi connectivity index (χ1) is 8.17. The molecule has 0 spiro atoms. The summed E-state index contributed by atoms with van der Waals surface area (Å²) in [6.45, 7) is 0. The second kappa shape index (κ2) is 6.26. The molecule has 0 atom stereocenters. The maximum Gasteiger partial charge on any atom is 0.354 e. The summed E-state index contributed by atoms with van der Waals surface area (Å²) in [5.41, 5.74) is -0.0435.